The molecule has 8 aromatic heterocycles. The van der Waals surface area contributed by atoms with Crippen LogP contribution in [0.15, 0.2) is 79.3 Å². The van der Waals surface area contributed by atoms with Crippen molar-refractivity contribution in [1.82, 2.24) is 54.9 Å². The van der Waals surface area contributed by atoms with Crippen LogP contribution in [0.5, 0.6) is 0 Å². The minimum absolute atomic E-state index is 0.131. The van der Waals surface area contributed by atoms with Gasteiger partial charge in [0.2, 0.25) is 0 Å². The Balaban J connectivity index is 0.000000133. The molecular formula is C85H108ClN15O11. The maximum Gasteiger partial charge on any atom is 0.357 e. The number of carbonyl (C=O) groups is 3. The Morgan fingerprint density at radius 1 is 0.509 bits per heavy atom. The summed E-state index contributed by atoms with van der Waals surface area (Å²) in [5.74, 6) is 2.93. The second-order valence-electron chi connectivity index (χ2n) is 31.1. The van der Waals surface area contributed by atoms with Crippen LogP contribution in [0, 0.1) is 23.7 Å². The lowest BCUT2D eigenvalue weighted by atomic mass is 9.77. The highest BCUT2D eigenvalue weighted by Gasteiger charge is 2.43. The number of hydrazine groups is 1. The summed E-state index contributed by atoms with van der Waals surface area (Å²) in [5.41, 5.74) is 18.4. The van der Waals surface area contributed by atoms with E-state index in [1.54, 1.807) is 27.5 Å². The first-order valence-corrected chi connectivity index (χ1v) is 41.4. The van der Waals surface area contributed by atoms with Crippen LogP contribution in [0.25, 0.3) is 39.0 Å². The number of piperidine rings is 3. The first-order chi connectivity index (χ1) is 54.9. The second-order valence-corrected chi connectivity index (χ2v) is 31.5. The minimum atomic E-state index is -0.407. The zero-order valence-electron chi connectivity index (χ0n) is 65.8. The number of hydrogen-bond acceptors (Lipinski definition) is 24. The van der Waals surface area contributed by atoms with Crippen LogP contribution in [0.2, 0.25) is 5.15 Å². The lowest BCUT2D eigenvalue weighted by Gasteiger charge is -2.37. The van der Waals surface area contributed by atoms with E-state index in [4.69, 9.17) is 79.6 Å². The molecule has 14 heterocycles. The molecule has 0 spiro atoms. The number of aromatic nitrogens is 10. The summed E-state index contributed by atoms with van der Waals surface area (Å²) in [6.07, 6.45) is 27.1. The maximum atomic E-state index is 13.0. The molecule has 26 nitrogen and oxygen atoms in total. The second kappa shape index (κ2) is 36.6. The van der Waals surface area contributed by atoms with Crippen molar-refractivity contribution in [1.29, 1.82) is 0 Å². The van der Waals surface area contributed by atoms with E-state index in [0.717, 1.165) is 240 Å². The van der Waals surface area contributed by atoms with E-state index < -0.39 is 17.9 Å². The smallest absolute Gasteiger partial charge is 0.357 e. The summed E-state index contributed by atoms with van der Waals surface area (Å²) < 4.78 is 47.3. The van der Waals surface area contributed by atoms with Gasteiger partial charge in [-0.25, -0.2) is 49.1 Å². The molecule has 6 aliphatic heterocycles. The quantitative estimate of drug-likeness (QED) is 0.0354. The van der Waals surface area contributed by atoms with Crippen molar-refractivity contribution in [2.24, 2.45) is 23.7 Å². The van der Waals surface area contributed by atoms with E-state index in [-0.39, 0.29) is 6.04 Å². The number of carbonyl (C=O) groups excluding carboxylic acids is 3. The Bertz CT molecular complexity index is 4630. The monoisotopic (exact) mass is 1550 g/mol. The number of pyridine rings is 6. The van der Waals surface area contributed by atoms with Crippen LogP contribution in [0.4, 0.5) is 28.6 Å². The Labute approximate surface area is 660 Å². The van der Waals surface area contributed by atoms with Gasteiger partial charge in [-0.15, -0.1) is 0 Å². The molecule has 1 N–H and O–H groups in total. The first-order valence-electron chi connectivity index (χ1n) is 41.0. The SMILES string of the molecule is CCOC(=O)c1cc(N2CCC(COC)CC2)c2c(C3CCC3)nn(-c3ccnc(C4=CCOCC4)c3)c2n1.CCOC(=O)c1cc(N2CCC(COC)CC2)c2c(C3CCC3)nn(-c3ccnc(C4CCOCC4)c3)c2n1.CCOC(=O)c1cc(N2CCC(COC)CC2)c2c(n1)N(c1ccnc(Cl)c1)NC2C1CCC1. The largest absolute Gasteiger partial charge is 0.461 e. The number of nitrogens with zero attached hydrogens (tertiary/aromatic N) is 14. The van der Waals surface area contributed by atoms with Crippen molar-refractivity contribution in [3.05, 3.63) is 130 Å². The Morgan fingerprint density at radius 3 is 1.45 bits per heavy atom. The van der Waals surface area contributed by atoms with Gasteiger partial charge in [0, 0.05) is 153 Å². The molecule has 3 saturated carbocycles. The van der Waals surface area contributed by atoms with Crippen molar-refractivity contribution < 1.29 is 52.3 Å². The number of nitrogens with one attached hydrogen (secondary N) is 1. The molecule has 3 aliphatic carbocycles. The van der Waals surface area contributed by atoms with Gasteiger partial charge in [0.1, 0.15) is 5.15 Å². The number of ether oxygens (including phenoxy) is 8. The maximum absolute atomic E-state index is 13.0. The predicted octanol–water partition coefficient (Wildman–Crippen LogP) is 14.6. The zero-order chi connectivity index (χ0) is 77.2. The molecule has 17 rings (SSSR count). The third kappa shape index (κ3) is 17.2. The molecule has 0 radical (unpaired) electrons. The average Bonchev–Trinajstić information content (AvgIpc) is 1.61. The van der Waals surface area contributed by atoms with Crippen LogP contribution < -0.4 is 25.1 Å². The highest BCUT2D eigenvalue weighted by molar-refractivity contribution is 6.29. The fourth-order valence-corrected chi connectivity index (χ4v) is 17.5. The van der Waals surface area contributed by atoms with Gasteiger partial charge in [0.05, 0.1) is 95.4 Å². The molecule has 596 valence electrons. The van der Waals surface area contributed by atoms with E-state index >= 15 is 0 Å². The minimum Gasteiger partial charge on any atom is -0.461 e. The molecule has 1 unspecified atom stereocenters. The van der Waals surface area contributed by atoms with Crippen LogP contribution in [-0.4, -0.2) is 194 Å². The fraction of sp³-hybridized carbons (Fsp3) is 0.565. The Hall–Kier alpha value is -8.76. The molecule has 7 fully saturated rings. The number of esters is 3. The van der Waals surface area contributed by atoms with Crippen molar-refractivity contribution in [2.45, 2.75) is 160 Å². The summed E-state index contributed by atoms with van der Waals surface area (Å²) in [6, 6.07) is 17.8. The number of fused-ring (bicyclic) bond motifs is 3. The van der Waals surface area contributed by atoms with Gasteiger partial charge in [-0.2, -0.15) is 10.2 Å². The first kappa shape index (κ1) is 78.5. The number of rotatable bonds is 23. The normalized spacial score (nSPS) is 19.6. The molecule has 27 heteroatoms. The van der Waals surface area contributed by atoms with Crippen LogP contribution >= 0.6 is 11.6 Å². The number of hydrogen-bond donors (Lipinski definition) is 1. The van der Waals surface area contributed by atoms with E-state index in [9.17, 15) is 14.4 Å². The topological polar surface area (TPSA) is 263 Å². The highest BCUT2D eigenvalue weighted by Crippen LogP contribution is 2.51. The molecule has 1 atom stereocenters. The van der Waals surface area contributed by atoms with Gasteiger partial charge in [0.25, 0.3) is 0 Å². The molecule has 9 aliphatic rings. The van der Waals surface area contributed by atoms with E-state index in [1.165, 1.54) is 37.7 Å². The average molecular weight is 1550 g/mol. The van der Waals surface area contributed by atoms with Gasteiger partial charge in [-0.1, -0.05) is 36.9 Å². The summed E-state index contributed by atoms with van der Waals surface area (Å²) in [5, 5.41) is 14.9. The van der Waals surface area contributed by atoms with Crippen molar-refractivity contribution in [3.8, 4) is 11.4 Å². The number of methoxy groups -OCH3 is 3. The van der Waals surface area contributed by atoms with Crippen molar-refractivity contribution in [3.63, 3.8) is 0 Å². The lowest BCUT2D eigenvalue weighted by Crippen LogP contribution is -2.37. The molecule has 8 aromatic rings. The summed E-state index contributed by atoms with van der Waals surface area (Å²) >= 11 is 6.22. The standard InChI is InChI=1S/C30H39N5O4.C30H37N5O4.C25H32ClN5O3/c2*1-3-39-30(36)25-18-26(34-13-8-20(9-14-34)19-37-2)27-28(22-5-4-6-22)33-35(29(27)32-25)23-7-12-31-24(17-23)21-10-15-38-16-11-21;1-3-34-25(32)19-14-20(30-11-8-16(9-12-30)15-33-2)22-23(17-5-4-6-17)29-31(24(22)28-19)18-7-10-27-21(26)13-18/h7,12,17-18,20-22H,3-6,8-11,13-16,19H2,1-2H3;7,10,12,17-18,20,22H,3-6,8-9,11,13-16,19H2,1-2H3;7,10,13-14,16-17,23,29H,3-6,8-9,11-12,15H2,1-2H3. The van der Waals surface area contributed by atoms with Crippen LogP contribution in [0.1, 0.15) is 220 Å². The lowest BCUT2D eigenvalue weighted by molar-refractivity contribution is 0.0510. The third-order valence-electron chi connectivity index (χ3n) is 24.1. The molecule has 112 heavy (non-hydrogen) atoms. The number of anilines is 5. The van der Waals surface area contributed by atoms with Crippen molar-refractivity contribution >= 4 is 85.7 Å². The fourth-order valence-electron chi connectivity index (χ4n) is 17.3. The molecule has 0 amide bonds. The summed E-state index contributed by atoms with van der Waals surface area (Å²) in [7, 11) is 5.31. The highest BCUT2D eigenvalue weighted by atomic mass is 35.5. The summed E-state index contributed by atoms with van der Waals surface area (Å²) in [6.45, 7) is 17.0. The van der Waals surface area contributed by atoms with E-state index in [0.29, 0.717) is 102 Å². The van der Waals surface area contributed by atoms with Crippen LogP contribution in [0.3, 0.4) is 0 Å². The van der Waals surface area contributed by atoms with Gasteiger partial charge >= 0.3 is 17.9 Å². The van der Waals surface area contributed by atoms with Crippen LogP contribution in [-0.2, 0) is 37.9 Å². The van der Waals surface area contributed by atoms with E-state index in [1.807, 2.05) is 90.0 Å². The molecule has 0 aromatic carbocycles. The van der Waals surface area contributed by atoms with Gasteiger partial charge in [0.15, 0.2) is 34.2 Å². The van der Waals surface area contributed by atoms with Gasteiger partial charge in [-0.3, -0.25) is 15.0 Å². The molecule has 0 bridgehead atoms. The Kier molecular flexibility index (Phi) is 25.6. The van der Waals surface area contributed by atoms with Gasteiger partial charge in [-0.05, 0) is 195 Å². The molecule has 4 saturated heterocycles. The number of halogens is 1. The van der Waals surface area contributed by atoms with E-state index in [2.05, 4.69) is 48.3 Å². The third-order valence-corrected chi connectivity index (χ3v) is 24.3. The predicted molar refractivity (Wildman–Crippen MR) is 430 cm³/mol. The Morgan fingerprint density at radius 2 is 0.982 bits per heavy atom. The zero-order valence-corrected chi connectivity index (χ0v) is 66.6. The van der Waals surface area contributed by atoms with Gasteiger partial charge < -0.3 is 52.6 Å². The molecular weight excluding hydrogens is 1440 g/mol. The summed E-state index contributed by atoms with van der Waals surface area (Å²) in [4.78, 5) is 74.2. The van der Waals surface area contributed by atoms with Crippen molar-refractivity contribution in [2.75, 3.05) is 146 Å².